The largest absolute Gasteiger partial charge is 0.489 e. The van der Waals surface area contributed by atoms with Crippen molar-refractivity contribution >= 4 is 16.9 Å². The van der Waals surface area contributed by atoms with Gasteiger partial charge in [-0.1, -0.05) is 55.8 Å². The van der Waals surface area contributed by atoms with Crippen LogP contribution in [0.15, 0.2) is 64.2 Å². The zero-order valence-electron chi connectivity index (χ0n) is 19.4. The number of unbranched alkanes of at least 4 members (excludes halogenated alkanes) is 1. The molecule has 0 saturated carbocycles. The third-order valence-electron chi connectivity index (χ3n) is 6.08. The first-order valence-electron chi connectivity index (χ1n) is 11.3. The van der Waals surface area contributed by atoms with E-state index >= 15 is 0 Å². The van der Waals surface area contributed by atoms with Crippen LogP contribution in [0, 0.1) is 0 Å². The fraction of sp³-hybridized carbons (Fsp3) is 0.280. The second-order valence-electron chi connectivity index (χ2n) is 8.34. The number of ether oxygens (including phenoxy) is 1. The molecule has 0 saturated heterocycles. The minimum absolute atomic E-state index is 0.334. The van der Waals surface area contributed by atoms with Gasteiger partial charge >= 0.3 is 5.69 Å². The van der Waals surface area contributed by atoms with Crippen molar-refractivity contribution in [1.29, 1.82) is 0 Å². The van der Waals surface area contributed by atoms with Crippen molar-refractivity contribution in [1.82, 2.24) is 28.3 Å². The molecule has 174 valence electrons. The number of fused-ring (bicyclic) bond motifs is 3. The topological polar surface area (TPSA) is 88.4 Å². The third kappa shape index (κ3) is 3.49. The monoisotopic (exact) mass is 458 g/mol. The quantitative estimate of drug-likeness (QED) is 0.374. The number of imidazole rings is 1. The number of hydrogen-bond acceptors (Lipinski definition) is 5. The number of aromatic nitrogens is 6. The molecule has 9 heteroatoms. The zero-order valence-corrected chi connectivity index (χ0v) is 19.4. The molecule has 0 amide bonds. The van der Waals surface area contributed by atoms with Crippen molar-refractivity contribution in [2.45, 2.75) is 32.9 Å². The number of aryl methyl sites for hydroxylation is 2. The van der Waals surface area contributed by atoms with Gasteiger partial charge in [-0.2, -0.15) is 0 Å². The standard InChI is InChI=1S/C25H26N6O3/c1-4-5-15-30-20-22(28(2)25(33)29(3)23(20)32)31-21(26-27-24(30)31)18-13-11-17(12-14-18)16-34-19-9-7-6-8-10-19/h6-14H,4-5,15-16H2,1-3H3. The van der Waals surface area contributed by atoms with Crippen molar-refractivity contribution in [3.8, 4) is 17.1 Å². The fourth-order valence-corrected chi connectivity index (χ4v) is 4.20. The summed E-state index contributed by atoms with van der Waals surface area (Å²) in [4.78, 5) is 25.8. The van der Waals surface area contributed by atoms with Gasteiger partial charge in [0.05, 0.1) is 0 Å². The maximum absolute atomic E-state index is 13.1. The molecule has 3 heterocycles. The first kappa shape index (κ1) is 21.7. The van der Waals surface area contributed by atoms with Gasteiger partial charge in [0.2, 0.25) is 5.78 Å². The van der Waals surface area contributed by atoms with Crippen LogP contribution in [0.5, 0.6) is 5.75 Å². The highest BCUT2D eigenvalue weighted by Crippen LogP contribution is 2.25. The molecular formula is C25H26N6O3. The number of hydrogen-bond donors (Lipinski definition) is 0. The van der Waals surface area contributed by atoms with Crippen molar-refractivity contribution in [3.63, 3.8) is 0 Å². The molecule has 2 aromatic carbocycles. The van der Waals surface area contributed by atoms with Crippen LogP contribution in [-0.4, -0.2) is 28.3 Å². The van der Waals surface area contributed by atoms with E-state index in [2.05, 4.69) is 17.1 Å². The summed E-state index contributed by atoms with van der Waals surface area (Å²) < 4.78 is 12.1. The molecule has 0 unspecified atom stereocenters. The van der Waals surface area contributed by atoms with Crippen LogP contribution < -0.4 is 16.0 Å². The van der Waals surface area contributed by atoms with Crippen LogP contribution in [-0.2, 0) is 27.2 Å². The molecule has 34 heavy (non-hydrogen) atoms. The highest BCUT2D eigenvalue weighted by atomic mass is 16.5. The van der Waals surface area contributed by atoms with Gasteiger partial charge in [-0.05, 0) is 24.1 Å². The molecule has 0 radical (unpaired) electrons. The average molecular weight is 459 g/mol. The molecule has 0 atom stereocenters. The van der Waals surface area contributed by atoms with Crippen LogP contribution in [0.2, 0.25) is 0 Å². The normalized spacial score (nSPS) is 11.5. The fourth-order valence-electron chi connectivity index (χ4n) is 4.20. The predicted octanol–water partition coefficient (Wildman–Crippen LogP) is 3.13. The van der Waals surface area contributed by atoms with E-state index in [-0.39, 0.29) is 11.2 Å². The Kier molecular flexibility index (Phi) is 5.53. The minimum atomic E-state index is -0.389. The summed E-state index contributed by atoms with van der Waals surface area (Å²) in [5, 5.41) is 8.84. The minimum Gasteiger partial charge on any atom is -0.489 e. The first-order chi connectivity index (χ1) is 16.5. The lowest BCUT2D eigenvalue weighted by Gasteiger charge is -2.08. The number of rotatable bonds is 7. The van der Waals surface area contributed by atoms with Crippen LogP contribution in [0.3, 0.4) is 0 Å². The van der Waals surface area contributed by atoms with E-state index in [4.69, 9.17) is 4.74 Å². The highest BCUT2D eigenvalue weighted by Gasteiger charge is 2.23. The molecule has 5 aromatic rings. The highest BCUT2D eigenvalue weighted by molar-refractivity contribution is 5.79. The molecule has 0 aliphatic rings. The summed E-state index contributed by atoms with van der Waals surface area (Å²) in [6.45, 7) is 3.15. The Morgan fingerprint density at radius 2 is 1.65 bits per heavy atom. The molecule has 0 aliphatic heterocycles. The third-order valence-corrected chi connectivity index (χ3v) is 6.08. The lowest BCUT2D eigenvalue weighted by atomic mass is 10.1. The first-order valence-corrected chi connectivity index (χ1v) is 11.3. The van der Waals surface area contributed by atoms with Crippen molar-refractivity contribution in [2.24, 2.45) is 14.1 Å². The molecule has 9 nitrogen and oxygen atoms in total. The Morgan fingerprint density at radius 3 is 2.35 bits per heavy atom. The second-order valence-corrected chi connectivity index (χ2v) is 8.34. The summed E-state index contributed by atoms with van der Waals surface area (Å²) in [7, 11) is 3.17. The second kappa shape index (κ2) is 8.66. The van der Waals surface area contributed by atoms with E-state index in [1.807, 2.05) is 63.6 Å². The van der Waals surface area contributed by atoms with E-state index in [0.29, 0.717) is 35.9 Å². The molecule has 0 N–H and O–H groups in total. The number of benzene rings is 2. The Hall–Kier alpha value is -4.14. The van der Waals surface area contributed by atoms with Crippen molar-refractivity contribution in [3.05, 3.63) is 81.0 Å². The molecule has 5 rings (SSSR count). The molecule has 0 aliphatic carbocycles. The van der Waals surface area contributed by atoms with Crippen molar-refractivity contribution in [2.75, 3.05) is 0 Å². The molecule has 3 aromatic heterocycles. The maximum Gasteiger partial charge on any atom is 0.332 e. The van der Waals surface area contributed by atoms with E-state index < -0.39 is 0 Å². The lowest BCUT2D eigenvalue weighted by Crippen LogP contribution is -2.37. The Labute approximate surface area is 195 Å². The molecule has 0 spiro atoms. The van der Waals surface area contributed by atoms with Gasteiger partial charge in [-0.15, -0.1) is 10.2 Å². The van der Waals surface area contributed by atoms with Crippen LogP contribution in [0.1, 0.15) is 25.3 Å². The van der Waals surface area contributed by atoms with Gasteiger partial charge in [-0.25, -0.2) is 9.20 Å². The SMILES string of the molecule is CCCCn1c2c(=O)n(C)c(=O)n(C)c2n2c(-c3ccc(COc4ccccc4)cc3)nnc12. The summed E-state index contributed by atoms with van der Waals surface area (Å²) >= 11 is 0. The smallest absolute Gasteiger partial charge is 0.332 e. The van der Waals surface area contributed by atoms with Gasteiger partial charge in [0.15, 0.2) is 17.0 Å². The predicted molar refractivity (Wildman–Crippen MR) is 130 cm³/mol. The Balaban J connectivity index is 1.61. The summed E-state index contributed by atoms with van der Waals surface area (Å²) in [5.41, 5.74) is 2.07. The lowest BCUT2D eigenvalue weighted by molar-refractivity contribution is 0.306. The van der Waals surface area contributed by atoms with Gasteiger partial charge in [-0.3, -0.25) is 13.9 Å². The van der Waals surface area contributed by atoms with Crippen LogP contribution in [0.25, 0.3) is 28.3 Å². The number of nitrogens with zero attached hydrogens (tertiary/aromatic N) is 6. The molecule has 0 bridgehead atoms. The van der Waals surface area contributed by atoms with Gasteiger partial charge in [0, 0.05) is 26.2 Å². The summed E-state index contributed by atoms with van der Waals surface area (Å²) in [5.74, 6) is 1.94. The number of para-hydroxylation sites is 1. The van der Waals surface area contributed by atoms with Crippen LogP contribution >= 0.6 is 0 Å². The molecular weight excluding hydrogens is 432 g/mol. The summed E-state index contributed by atoms with van der Waals surface area (Å²) in [6, 6.07) is 17.5. The summed E-state index contributed by atoms with van der Waals surface area (Å²) in [6.07, 6.45) is 1.84. The van der Waals surface area contributed by atoms with Crippen LogP contribution in [0.4, 0.5) is 0 Å². The van der Waals surface area contributed by atoms with Gasteiger partial charge in [0.25, 0.3) is 5.56 Å². The maximum atomic E-state index is 13.1. The van der Waals surface area contributed by atoms with Gasteiger partial charge < -0.3 is 9.30 Å². The Morgan fingerprint density at radius 1 is 0.912 bits per heavy atom. The van der Waals surface area contributed by atoms with E-state index in [9.17, 15) is 9.59 Å². The van der Waals surface area contributed by atoms with E-state index in [0.717, 1.165) is 34.3 Å². The van der Waals surface area contributed by atoms with E-state index in [1.54, 1.807) is 7.05 Å². The van der Waals surface area contributed by atoms with Gasteiger partial charge in [0.1, 0.15) is 12.4 Å². The Bertz CT molecular complexity index is 1590. The molecule has 0 fully saturated rings. The van der Waals surface area contributed by atoms with E-state index in [1.165, 1.54) is 11.6 Å². The van der Waals surface area contributed by atoms with Crippen molar-refractivity contribution < 1.29 is 4.74 Å². The zero-order chi connectivity index (χ0) is 23.8. The average Bonchev–Trinajstić information content (AvgIpc) is 3.43.